The van der Waals surface area contributed by atoms with Gasteiger partial charge < -0.3 is 25.9 Å². The SMILES string of the molecule is CC1(C)S[C@@H]2[C@@H](NC(=O)C(=NOC3CSC3)c3csc(N)n3)C(=O)N2[C@H]1C(=O)O. The van der Waals surface area contributed by atoms with E-state index < -0.39 is 40.0 Å². The van der Waals surface area contributed by atoms with Crippen molar-refractivity contribution in [2.45, 2.75) is 42.2 Å². The number of β-lactam (4-membered cyclic amide) rings is 1. The summed E-state index contributed by atoms with van der Waals surface area (Å²) in [5.74, 6) is -0.523. The number of carbonyl (C=O) groups excluding carboxylic acids is 2. The van der Waals surface area contributed by atoms with Crippen molar-refractivity contribution in [2.24, 2.45) is 5.16 Å². The van der Waals surface area contributed by atoms with Gasteiger partial charge in [-0.2, -0.15) is 11.8 Å². The number of nitrogens with one attached hydrogen (secondary N) is 1. The summed E-state index contributed by atoms with van der Waals surface area (Å²) < 4.78 is -0.670. The second-order valence-corrected chi connectivity index (χ2v) is 11.1. The first kappa shape index (κ1) is 20.3. The van der Waals surface area contributed by atoms with Crippen LogP contribution in [0.2, 0.25) is 0 Å². The Labute approximate surface area is 178 Å². The number of nitrogen functional groups attached to an aromatic ring is 1. The lowest BCUT2D eigenvalue weighted by Crippen LogP contribution is -2.71. The number of carboxylic acid groups (broad SMARTS) is 1. The zero-order valence-electron chi connectivity index (χ0n) is 15.5. The van der Waals surface area contributed by atoms with Gasteiger partial charge in [0.1, 0.15) is 29.3 Å². The Kier molecular flexibility index (Phi) is 5.15. The molecule has 0 aromatic carbocycles. The second-order valence-electron chi connectivity index (χ2n) is 7.33. The van der Waals surface area contributed by atoms with Crippen molar-refractivity contribution in [3.8, 4) is 0 Å². The molecule has 0 spiro atoms. The number of fused-ring (bicyclic) bond motifs is 1. The fraction of sp³-hybridized carbons (Fsp3) is 0.562. The minimum atomic E-state index is -1.06. The molecular weight excluding hydrogens is 438 g/mol. The van der Waals surface area contributed by atoms with Gasteiger partial charge in [-0.15, -0.1) is 23.1 Å². The molecule has 3 saturated heterocycles. The van der Waals surface area contributed by atoms with Crippen LogP contribution in [0.25, 0.3) is 0 Å². The highest BCUT2D eigenvalue weighted by atomic mass is 32.2. The van der Waals surface area contributed by atoms with E-state index >= 15 is 0 Å². The molecule has 4 heterocycles. The summed E-state index contributed by atoms with van der Waals surface area (Å²) in [5.41, 5.74) is 5.88. The van der Waals surface area contributed by atoms with Gasteiger partial charge in [-0.1, -0.05) is 5.16 Å². The molecule has 13 heteroatoms. The van der Waals surface area contributed by atoms with Gasteiger partial charge in [0.25, 0.3) is 5.91 Å². The first-order chi connectivity index (χ1) is 13.7. The van der Waals surface area contributed by atoms with E-state index in [1.165, 1.54) is 16.7 Å². The van der Waals surface area contributed by atoms with Crippen LogP contribution in [0.1, 0.15) is 19.5 Å². The molecule has 3 aliphatic rings. The Balaban J connectivity index is 1.51. The average molecular weight is 458 g/mol. The number of oxime groups is 1. The maximum atomic E-state index is 12.9. The van der Waals surface area contributed by atoms with E-state index in [1.807, 2.05) is 0 Å². The van der Waals surface area contributed by atoms with E-state index in [1.54, 1.807) is 31.0 Å². The predicted octanol–water partition coefficient (Wildman–Crippen LogP) is 0.193. The number of nitrogens with two attached hydrogens (primary N) is 1. The number of aliphatic carboxylic acids is 1. The van der Waals surface area contributed by atoms with E-state index in [-0.39, 0.29) is 22.6 Å². The second kappa shape index (κ2) is 7.36. The van der Waals surface area contributed by atoms with Crippen LogP contribution in [0.3, 0.4) is 0 Å². The minimum absolute atomic E-state index is 0.0573. The number of carbonyl (C=O) groups is 3. The Morgan fingerprint density at radius 3 is 2.72 bits per heavy atom. The zero-order chi connectivity index (χ0) is 20.9. The highest BCUT2D eigenvalue weighted by Crippen LogP contribution is 2.50. The molecule has 0 radical (unpaired) electrons. The minimum Gasteiger partial charge on any atom is -0.480 e. The van der Waals surface area contributed by atoms with E-state index in [0.29, 0.717) is 0 Å². The molecule has 4 rings (SSSR count). The number of amides is 2. The maximum Gasteiger partial charge on any atom is 0.327 e. The third-order valence-corrected chi connectivity index (χ3v) is 8.30. The summed E-state index contributed by atoms with van der Waals surface area (Å²) in [5, 5.41) is 17.6. The molecule has 0 bridgehead atoms. The highest BCUT2D eigenvalue weighted by molar-refractivity contribution is 8.01. The van der Waals surface area contributed by atoms with Gasteiger partial charge in [0.2, 0.25) is 5.91 Å². The molecule has 3 atom stereocenters. The van der Waals surface area contributed by atoms with Gasteiger partial charge in [-0.05, 0) is 13.8 Å². The first-order valence-electron chi connectivity index (χ1n) is 8.75. The number of thiazole rings is 1. The molecule has 1 aromatic rings. The summed E-state index contributed by atoms with van der Waals surface area (Å²) >= 11 is 4.23. The van der Waals surface area contributed by atoms with Crippen molar-refractivity contribution in [3.63, 3.8) is 0 Å². The molecule has 3 aliphatic heterocycles. The van der Waals surface area contributed by atoms with Gasteiger partial charge in [0.15, 0.2) is 10.8 Å². The molecule has 29 heavy (non-hydrogen) atoms. The summed E-state index contributed by atoms with van der Waals surface area (Å²) in [7, 11) is 0. The number of hydrogen-bond donors (Lipinski definition) is 3. The Hall–Kier alpha value is -1.99. The number of hydrogen-bond acceptors (Lipinski definition) is 10. The smallest absolute Gasteiger partial charge is 0.327 e. The van der Waals surface area contributed by atoms with Crippen LogP contribution in [0.15, 0.2) is 10.5 Å². The van der Waals surface area contributed by atoms with Crippen molar-refractivity contribution < 1.29 is 24.3 Å². The quantitative estimate of drug-likeness (QED) is 0.309. The van der Waals surface area contributed by atoms with Crippen molar-refractivity contribution in [2.75, 3.05) is 17.2 Å². The van der Waals surface area contributed by atoms with Crippen molar-refractivity contribution >= 4 is 63.5 Å². The van der Waals surface area contributed by atoms with Crippen molar-refractivity contribution in [1.29, 1.82) is 0 Å². The predicted molar refractivity (Wildman–Crippen MR) is 111 cm³/mol. The number of aromatic nitrogens is 1. The first-order valence-corrected chi connectivity index (χ1v) is 11.7. The molecule has 0 unspecified atom stereocenters. The van der Waals surface area contributed by atoms with Crippen LogP contribution in [-0.2, 0) is 19.2 Å². The van der Waals surface area contributed by atoms with Gasteiger partial charge in [-0.25, -0.2) is 9.78 Å². The average Bonchev–Trinajstić information content (AvgIpc) is 3.13. The van der Waals surface area contributed by atoms with Gasteiger partial charge in [0.05, 0.1) is 0 Å². The molecule has 156 valence electrons. The van der Waals surface area contributed by atoms with Crippen LogP contribution in [0.4, 0.5) is 5.13 Å². The topological polar surface area (TPSA) is 147 Å². The van der Waals surface area contributed by atoms with Gasteiger partial charge in [0, 0.05) is 21.6 Å². The van der Waals surface area contributed by atoms with E-state index in [4.69, 9.17) is 10.6 Å². The monoisotopic (exact) mass is 457 g/mol. The van der Waals surface area contributed by atoms with Gasteiger partial charge >= 0.3 is 5.97 Å². The number of rotatable bonds is 6. The number of anilines is 1. The Morgan fingerprint density at radius 2 is 2.17 bits per heavy atom. The number of carboxylic acids is 1. The molecule has 0 saturated carbocycles. The largest absolute Gasteiger partial charge is 0.480 e. The van der Waals surface area contributed by atoms with E-state index in [0.717, 1.165) is 22.8 Å². The normalized spacial score (nSPS) is 28.3. The summed E-state index contributed by atoms with van der Waals surface area (Å²) in [6.07, 6.45) is -0.0675. The van der Waals surface area contributed by atoms with Crippen molar-refractivity contribution in [1.82, 2.24) is 15.2 Å². The molecular formula is C16H19N5O5S3. The molecule has 0 aliphatic carbocycles. The van der Waals surface area contributed by atoms with Crippen LogP contribution in [0, 0.1) is 0 Å². The molecule has 1 aromatic heterocycles. The summed E-state index contributed by atoms with van der Waals surface area (Å²) in [6, 6.07) is -1.78. The van der Waals surface area contributed by atoms with Crippen LogP contribution < -0.4 is 11.1 Å². The Bertz CT molecular complexity index is 899. The van der Waals surface area contributed by atoms with Crippen LogP contribution in [-0.4, -0.2) is 78.3 Å². The van der Waals surface area contributed by atoms with Crippen LogP contribution in [0.5, 0.6) is 0 Å². The van der Waals surface area contributed by atoms with E-state index in [2.05, 4.69) is 15.5 Å². The van der Waals surface area contributed by atoms with E-state index in [9.17, 15) is 19.5 Å². The lowest BCUT2D eigenvalue weighted by Gasteiger charge is -2.43. The number of nitrogens with zero attached hydrogens (tertiary/aromatic N) is 3. The highest BCUT2D eigenvalue weighted by Gasteiger charge is 2.64. The lowest BCUT2D eigenvalue weighted by atomic mass is 9.96. The molecule has 10 nitrogen and oxygen atoms in total. The third kappa shape index (κ3) is 3.55. The standard InChI is InChI=1S/C16H19N5O5S3/c1-16(2)10(14(24)25)21-12(23)9(13(21)29-16)19-11(22)8(7-5-28-15(17)18-7)20-26-6-3-27-4-6/h5-6,9-10,13H,3-4H2,1-2H3,(H2,17,18)(H,19,22)(H,24,25)/t9-,10-,13+/m0/s1. The van der Waals surface area contributed by atoms with Gasteiger partial charge in [-0.3, -0.25) is 9.59 Å². The third-order valence-electron chi connectivity index (χ3n) is 4.84. The van der Waals surface area contributed by atoms with Crippen molar-refractivity contribution in [3.05, 3.63) is 11.1 Å². The molecule has 2 amide bonds. The Morgan fingerprint density at radius 1 is 1.45 bits per heavy atom. The number of thioether (sulfide) groups is 2. The fourth-order valence-corrected chi connectivity index (χ4v) is 6.08. The summed E-state index contributed by atoms with van der Waals surface area (Å²) in [4.78, 5) is 47.9. The summed E-state index contributed by atoms with van der Waals surface area (Å²) in [6.45, 7) is 3.55. The molecule has 3 fully saturated rings. The zero-order valence-corrected chi connectivity index (χ0v) is 18.0. The fourth-order valence-electron chi connectivity index (χ4n) is 3.36. The molecule has 4 N–H and O–H groups in total. The van der Waals surface area contributed by atoms with Crippen LogP contribution >= 0.6 is 34.9 Å². The maximum absolute atomic E-state index is 12.9. The lowest BCUT2D eigenvalue weighted by molar-refractivity contribution is -0.160.